The summed E-state index contributed by atoms with van der Waals surface area (Å²) >= 11 is 0. The van der Waals surface area contributed by atoms with E-state index in [0.29, 0.717) is 0 Å². The van der Waals surface area contributed by atoms with Crippen LogP contribution in [-0.4, -0.2) is 0 Å². The van der Waals surface area contributed by atoms with Gasteiger partial charge < -0.3 is 6.15 Å². The van der Waals surface area contributed by atoms with Gasteiger partial charge in [0.15, 0.2) is 12.1 Å². The van der Waals surface area contributed by atoms with Crippen LogP contribution < -0.4 is 6.15 Å². The fourth-order valence-corrected chi connectivity index (χ4v) is 0. The monoisotopic (exact) mass is 105 g/mol. The molecule has 0 radical (unpaired) electrons. The molecule has 3 N–H and O–H groups in total. The second-order valence-corrected chi connectivity index (χ2v) is 0.224. The van der Waals surface area contributed by atoms with Crippen molar-refractivity contribution in [3.63, 3.8) is 0 Å². The highest BCUT2D eigenvalue weighted by Gasteiger charge is 1.39. The fraction of sp³-hybridized carbons (Fsp3) is 0. The second-order valence-electron chi connectivity index (χ2n) is 0.224. The average Bonchev–Trinajstić information content (AvgIpc) is 1.37. The van der Waals surface area contributed by atoms with Crippen molar-refractivity contribution in [2.75, 3.05) is 0 Å². The van der Waals surface area contributed by atoms with Crippen molar-refractivity contribution in [1.82, 2.24) is 6.15 Å². The van der Waals surface area contributed by atoms with Crippen molar-refractivity contribution < 1.29 is 0 Å². The molecule has 4 heteroatoms. The first-order chi connectivity index (χ1) is 1.91. The molecule has 0 spiro atoms. The number of hydrogen-bond donors (Lipinski definition) is 1. The summed E-state index contributed by atoms with van der Waals surface area (Å²) in [5, 5.41) is 14.5. The average molecular weight is 106 g/mol. The maximum atomic E-state index is 7.26. The van der Waals surface area contributed by atoms with Crippen molar-refractivity contribution >= 4 is 12.4 Å². The second kappa shape index (κ2) is 29.2. The van der Waals surface area contributed by atoms with Crippen molar-refractivity contribution in [3.05, 3.63) is 0 Å². The highest BCUT2D eigenvalue weighted by molar-refractivity contribution is 5.85. The molecule has 0 saturated heterocycles. The first-order valence-corrected chi connectivity index (χ1v) is 0.697. The summed E-state index contributed by atoms with van der Waals surface area (Å²) in [6, 6.07) is 2.47. The predicted molar refractivity (Wildman–Crippen MR) is 23.5 cm³/mol. The minimum Gasteiger partial charge on any atom is -0.344 e. The molecule has 0 atom stereocenters. The third kappa shape index (κ3) is 304. The van der Waals surface area contributed by atoms with E-state index in [1.807, 2.05) is 0 Å². The number of nitrogens with zero attached hydrogens (tertiary/aromatic N) is 2. The van der Waals surface area contributed by atoms with E-state index >= 15 is 0 Å². The van der Waals surface area contributed by atoms with Crippen LogP contribution in [0.3, 0.4) is 0 Å². The van der Waals surface area contributed by atoms with Crippen LogP contribution in [0.5, 0.6) is 0 Å². The van der Waals surface area contributed by atoms with E-state index in [-0.39, 0.29) is 18.6 Å². The Morgan fingerprint density at radius 2 is 1.17 bits per heavy atom. The van der Waals surface area contributed by atoms with Crippen LogP contribution in [-0.2, 0) is 0 Å². The maximum absolute atomic E-state index is 7.26. The first-order valence-electron chi connectivity index (χ1n) is 0.697. The van der Waals surface area contributed by atoms with E-state index in [0.717, 1.165) is 0 Å². The maximum Gasteiger partial charge on any atom is 0.181 e. The van der Waals surface area contributed by atoms with Gasteiger partial charge in [-0.3, -0.25) is 0 Å². The van der Waals surface area contributed by atoms with Crippen LogP contribution in [0.4, 0.5) is 0 Å². The molecule has 0 bridgehead atoms. The molecule has 0 aromatic heterocycles. The lowest BCUT2D eigenvalue weighted by atomic mass is 10.9. The molecule has 0 fully saturated rings. The van der Waals surface area contributed by atoms with Gasteiger partial charge in [0.05, 0.1) is 0 Å². The molecule has 0 aliphatic rings. The summed E-state index contributed by atoms with van der Waals surface area (Å²) < 4.78 is 0. The molecule has 0 saturated carbocycles. The van der Waals surface area contributed by atoms with Gasteiger partial charge in [-0.25, -0.2) is 0 Å². The van der Waals surface area contributed by atoms with Gasteiger partial charge in [0, 0.05) is 0 Å². The zero-order valence-electron chi connectivity index (χ0n) is 3.01. The molecule has 0 aromatic rings. The summed E-state index contributed by atoms with van der Waals surface area (Å²) in [7, 11) is 0. The SMILES string of the molecule is Cl.N.N#CC#N. The van der Waals surface area contributed by atoms with Crippen LogP contribution in [0.25, 0.3) is 0 Å². The Bertz CT molecular complexity index is 63.8. The van der Waals surface area contributed by atoms with Crippen molar-refractivity contribution in [2.24, 2.45) is 0 Å². The van der Waals surface area contributed by atoms with Crippen molar-refractivity contribution in [3.8, 4) is 12.1 Å². The van der Waals surface area contributed by atoms with E-state index in [9.17, 15) is 0 Å². The Kier molecular flexibility index (Phi) is 91.5. The Morgan fingerprint density at radius 3 is 1.17 bits per heavy atom. The normalized spacial score (nSPS) is 1.67. The molecule has 0 rings (SSSR count). The van der Waals surface area contributed by atoms with Crippen LogP contribution in [0.15, 0.2) is 0 Å². The summed E-state index contributed by atoms with van der Waals surface area (Å²) in [5.41, 5.74) is 0. The van der Waals surface area contributed by atoms with Crippen LogP contribution in [0, 0.1) is 22.7 Å². The first kappa shape index (κ1) is 18.8. The highest BCUT2D eigenvalue weighted by atomic mass is 35.5. The lowest BCUT2D eigenvalue weighted by molar-refractivity contribution is 1.49. The van der Waals surface area contributed by atoms with E-state index in [1.54, 1.807) is 0 Å². The Labute approximate surface area is 42.2 Å². The summed E-state index contributed by atoms with van der Waals surface area (Å²) in [5.74, 6) is 0. The molecular weight excluding hydrogens is 101 g/mol. The van der Waals surface area contributed by atoms with Crippen molar-refractivity contribution in [2.45, 2.75) is 0 Å². The summed E-state index contributed by atoms with van der Waals surface area (Å²) in [4.78, 5) is 0. The zero-order chi connectivity index (χ0) is 3.41. The largest absolute Gasteiger partial charge is 0.344 e. The van der Waals surface area contributed by atoms with Crippen LogP contribution >= 0.6 is 12.4 Å². The lowest BCUT2D eigenvalue weighted by Gasteiger charge is -1.16. The smallest absolute Gasteiger partial charge is 0.181 e. The molecule has 0 aromatic carbocycles. The van der Waals surface area contributed by atoms with Gasteiger partial charge in [-0.2, -0.15) is 10.5 Å². The molecule has 0 heterocycles. The lowest BCUT2D eigenvalue weighted by Crippen LogP contribution is -1.26. The third-order valence-electron chi connectivity index (χ3n) is 0.0500. The van der Waals surface area contributed by atoms with Gasteiger partial charge in [-0.1, -0.05) is 0 Å². The van der Waals surface area contributed by atoms with Gasteiger partial charge >= 0.3 is 0 Å². The zero-order valence-corrected chi connectivity index (χ0v) is 3.83. The fourth-order valence-electron chi connectivity index (χ4n) is 0. The standard InChI is InChI=1S/C2N2.ClH.H3N/c3-1-2-4;;/h;1H;1H3. The predicted octanol–water partition coefficient (Wildman–Crippen LogP) is 0.617. The van der Waals surface area contributed by atoms with Crippen molar-refractivity contribution in [1.29, 1.82) is 10.5 Å². The van der Waals surface area contributed by atoms with Gasteiger partial charge in [0.1, 0.15) is 0 Å². The van der Waals surface area contributed by atoms with Gasteiger partial charge in [0.25, 0.3) is 0 Å². The molecule has 34 valence electrons. The quantitative estimate of drug-likeness (QED) is 0.490. The Balaban J connectivity index is -0.0000000450. The minimum atomic E-state index is 0. The van der Waals surface area contributed by atoms with E-state index in [1.165, 1.54) is 12.1 Å². The Hall–Kier alpha value is -0.770. The molecule has 0 aliphatic heterocycles. The van der Waals surface area contributed by atoms with Crippen LogP contribution in [0.2, 0.25) is 0 Å². The minimum absolute atomic E-state index is 0. The molecule has 0 unspecified atom stereocenters. The van der Waals surface area contributed by atoms with Crippen LogP contribution in [0.1, 0.15) is 0 Å². The van der Waals surface area contributed by atoms with E-state index < -0.39 is 0 Å². The molecule has 0 amide bonds. The third-order valence-corrected chi connectivity index (χ3v) is 0.0500. The van der Waals surface area contributed by atoms with Gasteiger partial charge in [-0.05, 0) is 0 Å². The number of hydrogen-bond acceptors (Lipinski definition) is 3. The highest BCUT2D eigenvalue weighted by Crippen LogP contribution is 1.27. The molecule has 0 aliphatic carbocycles. The van der Waals surface area contributed by atoms with E-state index in [4.69, 9.17) is 10.5 Å². The number of rotatable bonds is 0. The van der Waals surface area contributed by atoms with Gasteiger partial charge in [-0.15, -0.1) is 12.4 Å². The Morgan fingerprint density at radius 1 is 1.00 bits per heavy atom. The number of nitriles is 2. The molecule has 6 heavy (non-hydrogen) atoms. The van der Waals surface area contributed by atoms with Gasteiger partial charge in [0.2, 0.25) is 0 Å². The topological polar surface area (TPSA) is 82.6 Å². The summed E-state index contributed by atoms with van der Waals surface area (Å²) in [6.07, 6.45) is 0. The molecular formula is C2H4ClN3. The molecule has 3 nitrogen and oxygen atoms in total. The summed E-state index contributed by atoms with van der Waals surface area (Å²) in [6.45, 7) is 0. The van der Waals surface area contributed by atoms with E-state index in [2.05, 4.69) is 0 Å². The number of halogens is 1.